The highest BCUT2D eigenvalue weighted by Crippen LogP contribution is 2.20. The van der Waals surface area contributed by atoms with E-state index in [9.17, 15) is 24.0 Å². The maximum absolute atomic E-state index is 13.8. The third kappa shape index (κ3) is 8.46. The molecule has 1 aromatic heterocycles. The predicted octanol–water partition coefficient (Wildman–Crippen LogP) is 1.04. The van der Waals surface area contributed by atoms with Crippen LogP contribution in [0.15, 0.2) is 79.1 Å². The van der Waals surface area contributed by atoms with Crippen LogP contribution in [0.5, 0.6) is 5.75 Å². The zero-order chi connectivity index (χ0) is 32.5. The summed E-state index contributed by atoms with van der Waals surface area (Å²) in [5.74, 6) is -1.88. The normalized spacial score (nSPS) is 22.7. The molecule has 0 aliphatic carbocycles. The number of fused-ring (bicyclic) bond motifs is 13. The number of nitrogens with zero attached hydrogens (tertiary/aromatic N) is 2. The number of carbonyl (C=O) groups excluding carboxylic acids is 5. The van der Waals surface area contributed by atoms with Crippen LogP contribution in [-0.2, 0) is 43.4 Å². The molecule has 1 fully saturated rings. The lowest BCUT2D eigenvalue weighted by Crippen LogP contribution is -2.57. The fraction of sp³-hybridized carbons (Fsp3) is 0.353. The van der Waals surface area contributed by atoms with Crippen LogP contribution < -0.4 is 26.0 Å². The predicted molar refractivity (Wildman–Crippen MR) is 168 cm³/mol. The SMILES string of the molecule is C[C@@H]1NC(=O)[C@H]2CCCN2C(=O)[C@@H](Cc2ccccc2)NC(=O)COc2ccc(cc2)C[C@@H](C(=O)NCc2cccnc2)NC1=O. The molecule has 240 valence electrons. The quantitative estimate of drug-likeness (QED) is 0.330. The van der Waals surface area contributed by atoms with E-state index in [0.29, 0.717) is 25.1 Å². The summed E-state index contributed by atoms with van der Waals surface area (Å²) in [4.78, 5) is 72.5. The molecular weight excluding hydrogens is 588 g/mol. The van der Waals surface area contributed by atoms with Gasteiger partial charge in [0.05, 0.1) is 0 Å². The molecular formula is C34H38N6O6. The molecule has 2 bridgehead atoms. The van der Waals surface area contributed by atoms with Crippen molar-refractivity contribution in [3.63, 3.8) is 0 Å². The fourth-order valence-corrected chi connectivity index (χ4v) is 5.59. The van der Waals surface area contributed by atoms with Crippen LogP contribution in [0.1, 0.15) is 36.5 Å². The van der Waals surface area contributed by atoms with Crippen LogP contribution in [0.4, 0.5) is 0 Å². The van der Waals surface area contributed by atoms with Gasteiger partial charge in [-0.2, -0.15) is 0 Å². The number of nitrogens with one attached hydrogen (secondary N) is 4. The number of hydrogen-bond donors (Lipinski definition) is 4. The second-order valence-corrected chi connectivity index (χ2v) is 11.5. The largest absolute Gasteiger partial charge is 0.484 e. The Labute approximate surface area is 267 Å². The summed E-state index contributed by atoms with van der Waals surface area (Å²) in [5, 5.41) is 11.2. The van der Waals surface area contributed by atoms with Gasteiger partial charge in [0.1, 0.15) is 29.9 Å². The molecule has 0 saturated carbocycles. The van der Waals surface area contributed by atoms with Gasteiger partial charge >= 0.3 is 0 Å². The second-order valence-electron chi connectivity index (χ2n) is 11.5. The first-order chi connectivity index (χ1) is 22.3. The van der Waals surface area contributed by atoms with Gasteiger partial charge in [0.15, 0.2) is 6.61 Å². The smallest absolute Gasteiger partial charge is 0.258 e. The lowest BCUT2D eigenvalue weighted by molar-refractivity contribution is -0.142. The third-order valence-electron chi connectivity index (χ3n) is 8.06. The summed E-state index contributed by atoms with van der Waals surface area (Å²) >= 11 is 0. The molecule has 4 N–H and O–H groups in total. The first kappa shape index (κ1) is 32.1. The highest BCUT2D eigenvalue weighted by atomic mass is 16.5. The van der Waals surface area contributed by atoms with Gasteiger partial charge in [-0.1, -0.05) is 48.5 Å². The van der Waals surface area contributed by atoms with Crippen molar-refractivity contribution < 1.29 is 28.7 Å². The molecule has 5 amide bonds. The zero-order valence-corrected chi connectivity index (χ0v) is 25.6. The Morgan fingerprint density at radius 2 is 1.70 bits per heavy atom. The van der Waals surface area contributed by atoms with E-state index >= 15 is 0 Å². The minimum Gasteiger partial charge on any atom is -0.484 e. The Morgan fingerprint density at radius 3 is 2.43 bits per heavy atom. The second kappa shape index (κ2) is 15.2. The molecule has 4 heterocycles. The third-order valence-corrected chi connectivity index (χ3v) is 8.06. The molecule has 12 nitrogen and oxygen atoms in total. The van der Waals surface area contributed by atoms with Crippen LogP contribution >= 0.6 is 0 Å². The molecule has 3 aliphatic heterocycles. The molecule has 2 aromatic carbocycles. The average Bonchev–Trinajstić information content (AvgIpc) is 3.57. The first-order valence-electron chi connectivity index (χ1n) is 15.4. The van der Waals surface area contributed by atoms with Crippen molar-refractivity contribution in [3.05, 3.63) is 95.8 Å². The van der Waals surface area contributed by atoms with Crippen molar-refractivity contribution in [2.75, 3.05) is 13.2 Å². The minimum atomic E-state index is -0.989. The van der Waals surface area contributed by atoms with Crippen molar-refractivity contribution in [2.24, 2.45) is 0 Å². The van der Waals surface area contributed by atoms with Crippen LogP contribution in [0.25, 0.3) is 0 Å². The van der Waals surface area contributed by atoms with Crippen molar-refractivity contribution in [1.29, 1.82) is 0 Å². The van der Waals surface area contributed by atoms with E-state index in [0.717, 1.165) is 16.7 Å². The molecule has 0 unspecified atom stereocenters. The number of ether oxygens (including phenoxy) is 1. The summed E-state index contributed by atoms with van der Waals surface area (Å²) < 4.78 is 5.71. The molecule has 12 heteroatoms. The number of pyridine rings is 1. The first-order valence-corrected chi connectivity index (χ1v) is 15.4. The maximum Gasteiger partial charge on any atom is 0.258 e. The minimum absolute atomic E-state index is 0.165. The molecule has 4 atom stereocenters. The van der Waals surface area contributed by atoms with Gasteiger partial charge in [-0.05, 0) is 54.7 Å². The van der Waals surface area contributed by atoms with Crippen LogP contribution in [0, 0.1) is 0 Å². The number of carbonyl (C=O) groups is 5. The Bertz CT molecular complexity index is 1530. The monoisotopic (exact) mass is 626 g/mol. The number of benzene rings is 2. The Hall–Kier alpha value is -5.26. The topological polar surface area (TPSA) is 159 Å². The Kier molecular flexibility index (Phi) is 10.6. The van der Waals surface area contributed by atoms with Crippen LogP contribution in [0.2, 0.25) is 0 Å². The van der Waals surface area contributed by atoms with E-state index in [1.54, 1.807) is 42.7 Å². The van der Waals surface area contributed by atoms with Gasteiger partial charge in [-0.15, -0.1) is 0 Å². The van der Waals surface area contributed by atoms with Gasteiger partial charge in [0.2, 0.25) is 23.6 Å². The maximum atomic E-state index is 13.8. The Balaban J connectivity index is 1.37. The van der Waals surface area contributed by atoms with Crippen molar-refractivity contribution in [3.8, 4) is 5.75 Å². The van der Waals surface area contributed by atoms with Gasteiger partial charge in [-0.25, -0.2) is 0 Å². The molecule has 3 aromatic rings. The molecule has 1 saturated heterocycles. The molecule has 0 radical (unpaired) electrons. The van der Waals surface area contributed by atoms with Crippen LogP contribution in [0.3, 0.4) is 0 Å². The molecule has 0 spiro atoms. The van der Waals surface area contributed by atoms with E-state index in [-0.39, 0.29) is 31.9 Å². The molecule has 6 rings (SSSR count). The van der Waals surface area contributed by atoms with E-state index in [4.69, 9.17) is 4.74 Å². The van der Waals surface area contributed by atoms with E-state index in [1.807, 2.05) is 36.4 Å². The van der Waals surface area contributed by atoms with Crippen molar-refractivity contribution in [2.45, 2.75) is 63.3 Å². The Morgan fingerprint density at radius 1 is 0.935 bits per heavy atom. The summed E-state index contributed by atoms with van der Waals surface area (Å²) in [7, 11) is 0. The fourth-order valence-electron chi connectivity index (χ4n) is 5.59. The standard InChI is InChI=1S/C34H38N6O6/c1-22-31(42)39-27(32(43)36-20-25-9-5-15-35-19-25)17-24-11-13-26(14-12-24)46-21-30(41)38-28(18-23-7-3-2-4-8-23)34(45)40-16-6-10-29(40)33(44)37-22/h2-5,7-9,11-15,19,22,27-29H,6,10,16-18,20-21H2,1H3,(H,36,43)(H,37,44)(H,38,41)(H,39,42)/t22-,27-,28+,29+/m0/s1. The number of hydrogen-bond acceptors (Lipinski definition) is 7. The zero-order valence-electron chi connectivity index (χ0n) is 25.6. The highest BCUT2D eigenvalue weighted by Gasteiger charge is 2.38. The summed E-state index contributed by atoms with van der Waals surface area (Å²) in [6.07, 6.45) is 4.68. The van der Waals surface area contributed by atoms with Gasteiger partial charge in [0, 0.05) is 38.3 Å². The van der Waals surface area contributed by atoms with Gasteiger partial charge < -0.3 is 30.9 Å². The highest BCUT2D eigenvalue weighted by molar-refractivity contribution is 5.96. The number of amides is 5. The van der Waals surface area contributed by atoms with E-state index < -0.39 is 47.8 Å². The lowest BCUT2D eigenvalue weighted by Gasteiger charge is -2.29. The van der Waals surface area contributed by atoms with Gasteiger partial charge in [0.25, 0.3) is 5.91 Å². The summed E-state index contributed by atoms with van der Waals surface area (Å²) in [6, 6.07) is 16.1. The average molecular weight is 627 g/mol. The lowest BCUT2D eigenvalue weighted by atomic mass is 10.0. The molecule has 3 aliphatic rings. The van der Waals surface area contributed by atoms with Crippen LogP contribution in [-0.4, -0.2) is 76.7 Å². The van der Waals surface area contributed by atoms with E-state index in [2.05, 4.69) is 26.3 Å². The van der Waals surface area contributed by atoms with Gasteiger partial charge in [-0.3, -0.25) is 29.0 Å². The van der Waals surface area contributed by atoms with Crippen molar-refractivity contribution in [1.82, 2.24) is 31.2 Å². The molecule has 46 heavy (non-hydrogen) atoms. The summed E-state index contributed by atoms with van der Waals surface area (Å²) in [5.41, 5.74) is 2.38. The number of rotatable bonds is 5. The van der Waals surface area contributed by atoms with Crippen molar-refractivity contribution >= 4 is 29.5 Å². The number of aromatic nitrogens is 1. The van der Waals surface area contributed by atoms with E-state index in [1.165, 1.54) is 11.8 Å². The summed E-state index contributed by atoms with van der Waals surface area (Å²) in [6.45, 7) is 1.76.